The predicted octanol–water partition coefficient (Wildman–Crippen LogP) is 3.86. The second-order valence-electron chi connectivity index (χ2n) is 10.2. The molecule has 4 fully saturated rings. The molecule has 6 nitrogen and oxygen atoms in total. The van der Waals surface area contributed by atoms with Gasteiger partial charge in [0.1, 0.15) is 0 Å². The topological polar surface area (TPSA) is 73.2 Å². The highest BCUT2D eigenvalue weighted by Gasteiger charge is 2.53. The summed E-state index contributed by atoms with van der Waals surface area (Å²) in [6.07, 6.45) is 8.04. The van der Waals surface area contributed by atoms with Gasteiger partial charge >= 0.3 is 0 Å². The Hall–Kier alpha value is -1.86. The molecule has 1 amide bonds. The lowest BCUT2D eigenvalue weighted by Gasteiger charge is -2.59. The Labute approximate surface area is 193 Å². The van der Waals surface area contributed by atoms with Gasteiger partial charge in [0.25, 0.3) is 5.56 Å². The summed E-state index contributed by atoms with van der Waals surface area (Å²) in [7, 11) is 1.62. The molecule has 2 aromatic rings. The summed E-state index contributed by atoms with van der Waals surface area (Å²) in [6, 6.07) is 7.56. The zero-order chi connectivity index (χ0) is 22.3. The smallest absolute Gasteiger partial charge is 0.262 e. The van der Waals surface area contributed by atoms with E-state index < -0.39 is 0 Å². The summed E-state index contributed by atoms with van der Waals surface area (Å²) in [5.74, 6) is 2.89. The van der Waals surface area contributed by atoms with Crippen LogP contribution in [0, 0.1) is 23.2 Å². The van der Waals surface area contributed by atoms with Gasteiger partial charge in [0.15, 0.2) is 5.16 Å². The van der Waals surface area contributed by atoms with Crippen LogP contribution in [-0.2, 0) is 16.1 Å². The van der Waals surface area contributed by atoms with Crippen molar-refractivity contribution in [3.05, 3.63) is 34.6 Å². The Balaban J connectivity index is 1.28. The van der Waals surface area contributed by atoms with Crippen LogP contribution in [0.15, 0.2) is 34.2 Å². The number of benzene rings is 1. The minimum Gasteiger partial charge on any atom is -0.383 e. The number of carbonyl (C=O) groups is 1. The van der Waals surface area contributed by atoms with Gasteiger partial charge in [0.2, 0.25) is 5.91 Å². The number of para-hydroxylation sites is 1. The number of thioether (sulfide) groups is 1. The number of ether oxygens (including phenoxy) is 1. The Kier molecular flexibility index (Phi) is 6.05. The van der Waals surface area contributed by atoms with Crippen molar-refractivity contribution in [1.29, 1.82) is 0 Å². The second kappa shape index (κ2) is 8.82. The molecule has 1 aromatic heterocycles. The summed E-state index contributed by atoms with van der Waals surface area (Å²) in [5, 5.41) is 4.49. The largest absolute Gasteiger partial charge is 0.383 e. The van der Waals surface area contributed by atoms with Crippen molar-refractivity contribution < 1.29 is 9.53 Å². The molecule has 0 saturated heterocycles. The lowest BCUT2D eigenvalue weighted by atomic mass is 9.48. The molecule has 1 N–H and O–H groups in total. The second-order valence-corrected chi connectivity index (χ2v) is 11.2. The first-order chi connectivity index (χ1) is 15.5. The number of rotatable bonds is 8. The van der Waals surface area contributed by atoms with Gasteiger partial charge in [-0.25, -0.2) is 4.98 Å². The summed E-state index contributed by atoms with van der Waals surface area (Å²) in [5.41, 5.74) is 0.866. The maximum Gasteiger partial charge on any atom is 0.262 e. The summed E-state index contributed by atoms with van der Waals surface area (Å²) >= 11 is 1.34. The molecule has 32 heavy (non-hydrogen) atoms. The Morgan fingerprint density at radius 3 is 2.53 bits per heavy atom. The summed E-state index contributed by atoms with van der Waals surface area (Å²) < 4.78 is 6.82. The number of amides is 1. The zero-order valence-corrected chi connectivity index (χ0v) is 19.8. The van der Waals surface area contributed by atoms with Crippen LogP contribution in [0.25, 0.3) is 10.9 Å². The van der Waals surface area contributed by atoms with Crippen LogP contribution >= 0.6 is 11.8 Å². The molecule has 0 aliphatic heterocycles. The normalized spacial score (nSPS) is 29.4. The van der Waals surface area contributed by atoms with E-state index in [1.54, 1.807) is 17.7 Å². The number of aromatic nitrogens is 2. The maximum absolute atomic E-state index is 13.0. The number of hydrogen-bond acceptors (Lipinski definition) is 5. The fraction of sp³-hybridized carbons (Fsp3) is 0.640. The highest BCUT2D eigenvalue weighted by molar-refractivity contribution is 7.99. The van der Waals surface area contributed by atoms with E-state index >= 15 is 0 Å². The molecule has 4 bridgehead atoms. The number of methoxy groups -OCH3 is 1. The first kappa shape index (κ1) is 22.0. The average Bonchev–Trinajstić information content (AvgIpc) is 2.76. The van der Waals surface area contributed by atoms with Gasteiger partial charge in [-0.1, -0.05) is 23.9 Å². The van der Waals surface area contributed by atoms with Crippen molar-refractivity contribution in [3.8, 4) is 0 Å². The molecule has 172 valence electrons. The highest BCUT2D eigenvalue weighted by atomic mass is 32.2. The standard InChI is InChI=1S/C25H33N3O3S/c1-16(25-12-17-9-18(13-25)11-19(10-17)14-25)26-22(29)15-32-24-27-21-6-4-3-5-20(21)23(30)28(24)7-8-31-2/h3-6,16-19H,7-15H2,1-2H3,(H,26,29). The van der Waals surface area contributed by atoms with Gasteiger partial charge < -0.3 is 10.1 Å². The molecule has 1 aromatic carbocycles. The molecule has 1 atom stereocenters. The van der Waals surface area contributed by atoms with E-state index in [-0.39, 0.29) is 28.7 Å². The fourth-order valence-corrected chi connectivity index (χ4v) is 7.75. The third-order valence-corrected chi connectivity index (χ3v) is 9.04. The minimum atomic E-state index is -0.0857. The van der Waals surface area contributed by atoms with Crippen LogP contribution in [0.2, 0.25) is 0 Å². The lowest BCUT2D eigenvalue weighted by molar-refractivity contribution is -0.123. The van der Waals surface area contributed by atoms with Crippen molar-refractivity contribution in [2.24, 2.45) is 23.2 Å². The van der Waals surface area contributed by atoms with Crippen LogP contribution < -0.4 is 10.9 Å². The Morgan fingerprint density at radius 1 is 1.22 bits per heavy atom. The van der Waals surface area contributed by atoms with Gasteiger partial charge in [0, 0.05) is 13.2 Å². The quantitative estimate of drug-likeness (QED) is 0.483. The highest BCUT2D eigenvalue weighted by Crippen LogP contribution is 2.61. The molecule has 4 saturated carbocycles. The van der Waals surface area contributed by atoms with E-state index in [1.807, 2.05) is 18.2 Å². The van der Waals surface area contributed by atoms with Gasteiger partial charge in [-0.2, -0.15) is 0 Å². The third-order valence-electron chi connectivity index (χ3n) is 8.06. The number of nitrogens with zero attached hydrogens (tertiary/aromatic N) is 2. The van der Waals surface area contributed by atoms with Crippen LogP contribution in [0.3, 0.4) is 0 Å². The number of nitrogens with one attached hydrogen (secondary N) is 1. The number of fused-ring (bicyclic) bond motifs is 1. The van der Waals surface area contributed by atoms with Crippen LogP contribution in [0.4, 0.5) is 0 Å². The molecule has 0 spiro atoms. The van der Waals surface area contributed by atoms with E-state index in [0.717, 1.165) is 17.8 Å². The Morgan fingerprint density at radius 2 is 1.88 bits per heavy atom. The fourth-order valence-electron chi connectivity index (χ4n) is 6.91. The SMILES string of the molecule is COCCn1c(SCC(=O)NC(C)C23CC4CC(CC(C4)C2)C3)nc2ccccc2c1=O. The molecule has 4 aliphatic rings. The first-order valence-electron chi connectivity index (χ1n) is 11.9. The van der Waals surface area contributed by atoms with Gasteiger partial charge in [-0.3, -0.25) is 14.2 Å². The van der Waals surface area contributed by atoms with E-state index in [1.165, 1.54) is 50.3 Å². The summed E-state index contributed by atoms with van der Waals surface area (Å²) in [6.45, 7) is 3.04. The first-order valence-corrected chi connectivity index (χ1v) is 12.9. The van der Waals surface area contributed by atoms with Crippen LogP contribution in [0.1, 0.15) is 45.4 Å². The molecule has 1 unspecified atom stereocenters. The molecular formula is C25H33N3O3S. The molecule has 6 rings (SSSR count). The van der Waals surface area contributed by atoms with Crippen molar-refractivity contribution in [1.82, 2.24) is 14.9 Å². The molecular weight excluding hydrogens is 422 g/mol. The van der Waals surface area contributed by atoms with Crippen molar-refractivity contribution in [2.45, 2.75) is 63.2 Å². The molecule has 0 radical (unpaired) electrons. The molecule has 1 heterocycles. The Bertz CT molecular complexity index is 1030. The monoisotopic (exact) mass is 455 g/mol. The maximum atomic E-state index is 13.0. The van der Waals surface area contributed by atoms with Gasteiger partial charge in [0.05, 0.1) is 29.8 Å². The van der Waals surface area contributed by atoms with E-state index in [9.17, 15) is 9.59 Å². The van der Waals surface area contributed by atoms with Crippen molar-refractivity contribution >= 4 is 28.6 Å². The van der Waals surface area contributed by atoms with E-state index in [0.29, 0.717) is 29.2 Å². The van der Waals surface area contributed by atoms with Crippen molar-refractivity contribution in [3.63, 3.8) is 0 Å². The molecule has 7 heteroatoms. The molecule has 4 aliphatic carbocycles. The van der Waals surface area contributed by atoms with E-state index in [4.69, 9.17) is 4.74 Å². The number of hydrogen-bond donors (Lipinski definition) is 1. The van der Waals surface area contributed by atoms with E-state index in [2.05, 4.69) is 17.2 Å². The van der Waals surface area contributed by atoms with Gasteiger partial charge in [-0.15, -0.1) is 0 Å². The van der Waals surface area contributed by atoms with Crippen molar-refractivity contribution in [2.75, 3.05) is 19.5 Å². The third kappa shape index (κ3) is 4.10. The lowest BCUT2D eigenvalue weighted by Crippen LogP contribution is -2.56. The van der Waals surface area contributed by atoms with Gasteiger partial charge in [-0.05, 0) is 80.8 Å². The summed E-state index contributed by atoms with van der Waals surface area (Å²) in [4.78, 5) is 30.6. The van der Waals surface area contributed by atoms with Crippen LogP contribution in [-0.4, -0.2) is 41.0 Å². The average molecular weight is 456 g/mol. The minimum absolute atomic E-state index is 0.0268. The number of carbonyl (C=O) groups excluding carboxylic acids is 1. The van der Waals surface area contributed by atoms with Crippen LogP contribution in [0.5, 0.6) is 0 Å². The predicted molar refractivity (Wildman–Crippen MR) is 127 cm³/mol. The zero-order valence-electron chi connectivity index (χ0n) is 19.0.